The van der Waals surface area contributed by atoms with Crippen molar-refractivity contribution in [2.45, 2.75) is 13.8 Å². The number of methoxy groups -OCH3 is 1. The molecule has 1 aromatic carbocycles. The first kappa shape index (κ1) is 17.4. The first-order valence-electron chi connectivity index (χ1n) is 6.66. The molecule has 0 aliphatic heterocycles. The molecule has 1 unspecified atom stereocenters. The molecular formula is C15H20O5S. The minimum absolute atomic E-state index is 0.189. The fourth-order valence-corrected chi connectivity index (χ4v) is 2.35. The summed E-state index contributed by atoms with van der Waals surface area (Å²) in [5.41, 5.74) is 0. The van der Waals surface area contributed by atoms with Crippen molar-refractivity contribution >= 4 is 23.7 Å². The molecule has 0 saturated heterocycles. The van der Waals surface area contributed by atoms with Crippen LogP contribution in [0.5, 0.6) is 11.5 Å². The number of esters is 2. The molecule has 21 heavy (non-hydrogen) atoms. The van der Waals surface area contributed by atoms with Crippen LogP contribution in [-0.2, 0) is 14.3 Å². The zero-order chi connectivity index (χ0) is 15.7. The van der Waals surface area contributed by atoms with Gasteiger partial charge in [0.2, 0.25) is 0 Å². The number of rotatable bonds is 8. The second kappa shape index (κ2) is 9.28. The van der Waals surface area contributed by atoms with Crippen molar-refractivity contribution in [3.8, 4) is 11.5 Å². The van der Waals surface area contributed by atoms with Gasteiger partial charge in [0.15, 0.2) is 0 Å². The number of hydrogen-bond donors (Lipinski definition) is 0. The molecular weight excluding hydrogens is 292 g/mol. The molecule has 0 fully saturated rings. The topological polar surface area (TPSA) is 61.8 Å². The predicted octanol–water partition coefficient (Wildman–Crippen LogP) is 2.53. The van der Waals surface area contributed by atoms with Crippen molar-refractivity contribution < 1.29 is 23.8 Å². The molecule has 0 aliphatic rings. The van der Waals surface area contributed by atoms with Crippen LogP contribution >= 0.6 is 11.8 Å². The van der Waals surface area contributed by atoms with E-state index in [-0.39, 0.29) is 23.6 Å². The zero-order valence-electron chi connectivity index (χ0n) is 12.5. The molecule has 1 atom stereocenters. The Hall–Kier alpha value is -1.69. The standard InChI is InChI=1S/C15H20O5S/c1-4-19-12-5-7-13(8-6-12)20-14(16)10-21-9-11(2)15(17)18-3/h5-8,11H,4,9-10H2,1-3H3. The van der Waals surface area contributed by atoms with Gasteiger partial charge in [-0.1, -0.05) is 6.92 Å². The third kappa shape index (κ3) is 6.53. The first-order valence-corrected chi connectivity index (χ1v) is 7.81. The molecule has 5 nitrogen and oxygen atoms in total. The number of ether oxygens (including phenoxy) is 3. The summed E-state index contributed by atoms with van der Waals surface area (Å²) in [4.78, 5) is 22.9. The van der Waals surface area contributed by atoms with Crippen LogP contribution in [-0.4, -0.2) is 37.2 Å². The van der Waals surface area contributed by atoms with Crippen molar-refractivity contribution in [1.82, 2.24) is 0 Å². The lowest BCUT2D eigenvalue weighted by Crippen LogP contribution is -2.17. The predicted molar refractivity (Wildman–Crippen MR) is 81.8 cm³/mol. The molecule has 0 N–H and O–H groups in total. The molecule has 0 spiro atoms. The summed E-state index contributed by atoms with van der Waals surface area (Å²) in [5.74, 6) is 1.06. The Kier molecular flexibility index (Phi) is 7.68. The molecule has 0 amide bonds. The summed E-state index contributed by atoms with van der Waals surface area (Å²) < 4.78 is 15.1. The number of hydrogen-bond acceptors (Lipinski definition) is 6. The highest BCUT2D eigenvalue weighted by molar-refractivity contribution is 7.99. The van der Waals surface area contributed by atoms with Crippen LogP contribution in [0.15, 0.2) is 24.3 Å². The zero-order valence-corrected chi connectivity index (χ0v) is 13.3. The highest BCUT2D eigenvalue weighted by atomic mass is 32.2. The summed E-state index contributed by atoms with van der Waals surface area (Å²) in [7, 11) is 1.35. The molecule has 1 rings (SSSR count). The van der Waals surface area contributed by atoms with E-state index in [4.69, 9.17) is 9.47 Å². The minimum atomic E-state index is -0.346. The maximum atomic E-state index is 11.7. The van der Waals surface area contributed by atoms with Crippen LogP contribution in [0.2, 0.25) is 0 Å². The van der Waals surface area contributed by atoms with Crippen LogP contribution in [0.3, 0.4) is 0 Å². The summed E-state index contributed by atoms with van der Waals surface area (Å²) >= 11 is 1.34. The summed E-state index contributed by atoms with van der Waals surface area (Å²) in [5, 5.41) is 0. The Morgan fingerprint density at radius 1 is 1.19 bits per heavy atom. The Bertz CT molecular complexity index is 458. The molecule has 1 aromatic rings. The second-order valence-corrected chi connectivity index (χ2v) is 5.35. The number of carbonyl (C=O) groups excluding carboxylic acids is 2. The van der Waals surface area contributed by atoms with Gasteiger partial charge in [0.1, 0.15) is 11.5 Å². The summed E-state index contributed by atoms with van der Waals surface area (Å²) in [6, 6.07) is 6.87. The number of thioether (sulfide) groups is 1. The lowest BCUT2D eigenvalue weighted by atomic mass is 10.2. The van der Waals surface area contributed by atoms with Crippen molar-refractivity contribution in [2.24, 2.45) is 5.92 Å². The third-order valence-corrected chi connectivity index (χ3v) is 3.73. The van der Waals surface area contributed by atoms with Gasteiger partial charge >= 0.3 is 11.9 Å². The Morgan fingerprint density at radius 3 is 2.38 bits per heavy atom. The normalized spacial score (nSPS) is 11.6. The van der Waals surface area contributed by atoms with E-state index in [2.05, 4.69) is 4.74 Å². The fourth-order valence-electron chi connectivity index (χ4n) is 1.52. The maximum absolute atomic E-state index is 11.7. The van der Waals surface area contributed by atoms with Gasteiger partial charge in [-0.2, -0.15) is 0 Å². The molecule has 0 heterocycles. The summed E-state index contributed by atoms with van der Waals surface area (Å²) in [6.45, 7) is 4.26. The molecule has 0 aromatic heterocycles. The van der Waals surface area contributed by atoms with Gasteiger partial charge in [-0.05, 0) is 31.2 Å². The Morgan fingerprint density at radius 2 is 1.81 bits per heavy atom. The van der Waals surface area contributed by atoms with Crippen molar-refractivity contribution in [1.29, 1.82) is 0 Å². The van der Waals surface area contributed by atoms with Gasteiger partial charge in [0.25, 0.3) is 0 Å². The van der Waals surface area contributed by atoms with E-state index >= 15 is 0 Å². The maximum Gasteiger partial charge on any atom is 0.321 e. The molecule has 0 bridgehead atoms. The van der Waals surface area contributed by atoms with Gasteiger partial charge in [-0.3, -0.25) is 9.59 Å². The Labute approximate surface area is 129 Å². The van der Waals surface area contributed by atoms with E-state index < -0.39 is 0 Å². The van der Waals surface area contributed by atoms with E-state index in [1.165, 1.54) is 18.9 Å². The summed E-state index contributed by atoms with van der Waals surface area (Å²) in [6.07, 6.45) is 0. The van der Waals surface area contributed by atoms with Crippen LogP contribution in [0.25, 0.3) is 0 Å². The van der Waals surface area contributed by atoms with Gasteiger partial charge in [-0.15, -0.1) is 11.8 Å². The van der Waals surface area contributed by atoms with E-state index in [1.807, 2.05) is 6.92 Å². The highest BCUT2D eigenvalue weighted by Crippen LogP contribution is 2.18. The fraction of sp³-hybridized carbons (Fsp3) is 0.467. The average molecular weight is 312 g/mol. The highest BCUT2D eigenvalue weighted by Gasteiger charge is 2.14. The van der Waals surface area contributed by atoms with Gasteiger partial charge in [0.05, 0.1) is 25.4 Å². The van der Waals surface area contributed by atoms with Crippen molar-refractivity contribution in [2.75, 3.05) is 25.2 Å². The first-order chi connectivity index (χ1) is 10.1. The monoisotopic (exact) mass is 312 g/mol. The molecule has 116 valence electrons. The molecule has 0 aliphatic carbocycles. The molecule has 6 heteroatoms. The van der Waals surface area contributed by atoms with Crippen LogP contribution in [0, 0.1) is 5.92 Å². The number of carbonyl (C=O) groups is 2. The van der Waals surface area contributed by atoms with E-state index in [1.54, 1.807) is 31.2 Å². The van der Waals surface area contributed by atoms with E-state index in [0.29, 0.717) is 18.1 Å². The van der Waals surface area contributed by atoms with Crippen molar-refractivity contribution in [3.05, 3.63) is 24.3 Å². The smallest absolute Gasteiger partial charge is 0.321 e. The van der Waals surface area contributed by atoms with Crippen molar-refractivity contribution in [3.63, 3.8) is 0 Å². The van der Waals surface area contributed by atoms with Gasteiger partial charge in [-0.25, -0.2) is 0 Å². The minimum Gasteiger partial charge on any atom is -0.494 e. The van der Waals surface area contributed by atoms with Crippen LogP contribution in [0.1, 0.15) is 13.8 Å². The lowest BCUT2D eigenvalue weighted by molar-refractivity contribution is -0.144. The quantitative estimate of drug-likeness (QED) is 0.543. The van der Waals surface area contributed by atoms with Gasteiger partial charge < -0.3 is 14.2 Å². The van der Waals surface area contributed by atoms with E-state index in [9.17, 15) is 9.59 Å². The second-order valence-electron chi connectivity index (χ2n) is 4.32. The average Bonchev–Trinajstić information content (AvgIpc) is 2.48. The third-order valence-electron chi connectivity index (χ3n) is 2.56. The van der Waals surface area contributed by atoms with Crippen LogP contribution < -0.4 is 9.47 Å². The Balaban J connectivity index is 2.31. The molecule has 0 saturated carbocycles. The van der Waals surface area contributed by atoms with Crippen LogP contribution in [0.4, 0.5) is 0 Å². The molecule has 0 radical (unpaired) electrons. The van der Waals surface area contributed by atoms with Gasteiger partial charge in [0, 0.05) is 5.75 Å². The lowest BCUT2D eigenvalue weighted by Gasteiger charge is -2.09. The SMILES string of the molecule is CCOc1ccc(OC(=O)CSCC(C)C(=O)OC)cc1. The van der Waals surface area contributed by atoms with E-state index in [0.717, 1.165) is 5.75 Å². The number of benzene rings is 1. The largest absolute Gasteiger partial charge is 0.494 e.